The normalized spacial score (nSPS) is 20.4. The van der Waals surface area contributed by atoms with Crippen LogP contribution in [0.4, 0.5) is 0 Å². The standard InChI is InChI=1S/C24H27N3O4/c1-3-30-19-12-8-7-11-18(19)21-20(23(29)31-4-2)22(28)26-24(25-21)27-14-13-16-9-5-6-10-17(16)15-27/h5-12,20-21H,3-4,13-15H2,1-2H3,(H,25,26,28)/t20-,21-/m0/s1. The van der Waals surface area contributed by atoms with Crippen molar-refractivity contribution in [2.75, 3.05) is 19.8 Å². The van der Waals surface area contributed by atoms with Crippen molar-refractivity contribution in [2.45, 2.75) is 32.9 Å². The number of benzene rings is 2. The Morgan fingerprint density at radius 3 is 2.61 bits per heavy atom. The van der Waals surface area contributed by atoms with Crippen LogP contribution in [0.2, 0.25) is 0 Å². The molecule has 0 spiro atoms. The Hall–Kier alpha value is -3.35. The second kappa shape index (κ2) is 9.20. The minimum atomic E-state index is -1.07. The van der Waals surface area contributed by atoms with Crippen molar-refractivity contribution < 1.29 is 19.1 Å². The van der Waals surface area contributed by atoms with E-state index >= 15 is 0 Å². The molecule has 2 aliphatic rings. The Kier molecular flexibility index (Phi) is 6.21. The van der Waals surface area contributed by atoms with Gasteiger partial charge in [0.15, 0.2) is 5.92 Å². The number of hydrogen-bond acceptors (Lipinski definition) is 6. The molecule has 162 valence electrons. The minimum Gasteiger partial charge on any atom is -0.494 e. The number of nitrogens with zero attached hydrogens (tertiary/aromatic N) is 2. The lowest BCUT2D eigenvalue weighted by molar-refractivity contribution is -0.153. The number of rotatable bonds is 5. The molecule has 0 bridgehead atoms. The number of aliphatic imine (C=N–C) groups is 1. The van der Waals surface area contributed by atoms with E-state index in [1.807, 2.05) is 43.3 Å². The first-order valence-corrected chi connectivity index (χ1v) is 10.7. The number of para-hydroxylation sites is 1. The third-order valence-electron chi connectivity index (χ3n) is 5.60. The van der Waals surface area contributed by atoms with Crippen LogP contribution in [0, 0.1) is 5.92 Å². The number of esters is 1. The molecule has 31 heavy (non-hydrogen) atoms. The fourth-order valence-electron chi connectivity index (χ4n) is 4.14. The molecule has 7 nitrogen and oxygen atoms in total. The predicted octanol–water partition coefficient (Wildman–Crippen LogP) is 2.85. The molecule has 2 heterocycles. The highest BCUT2D eigenvalue weighted by molar-refractivity contribution is 6.08. The summed E-state index contributed by atoms with van der Waals surface area (Å²) in [5.74, 6) is -0.952. The molecule has 0 radical (unpaired) electrons. The molecule has 0 unspecified atom stereocenters. The maximum atomic E-state index is 13.1. The molecule has 2 aromatic rings. The molecule has 2 aliphatic heterocycles. The number of fused-ring (bicyclic) bond motifs is 1. The van der Waals surface area contributed by atoms with Crippen LogP contribution >= 0.6 is 0 Å². The molecule has 4 rings (SSSR count). The van der Waals surface area contributed by atoms with Gasteiger partial charge in [0.2, 0.25) is 11.9 Å². The lowest BCUT2D eigenvalue weighted by Crippen LogP contribution is -2.53. The topological polar surface area (TPSA) is 80.2 Å². The Bertz CT molecular complexity index is 1000. The molecule has 0 aliphatic carbocycles. The van der Waals surface area contributed by atoms with Crippen molar-refractivity contribution >= 4 is 17.8 Å². The highest BCUT2D eigenvalue weighted by atomic mass is 16.5. The van der Waals surface area contributed by atoms with Gasteiger partial charge in [-0.1, -0.05) is 42.5 Å². The highest BCUT2D eigenvalue weighted by Crippen LogP contribution is 2.36. The fourth-order valence-corrected chi connectivity index (χ4v) is 4.14. The van der Waals surface area contributed by atoms with E-state index < -0.39 is 23.8 Å². The summed E-state index contributed by atoms with van der Waals surface area (Å²) in [4.78, 5) is 32.7. The molecule has 0 saturated heterocycles. The maximum absolute atomic E-state index is 13.1. The van der Waals surface area contributed by atoms with Crippen molar-refractivity contribution in [1.82, 2.24) is 10.2 Å². The first-order chi connectivity index (χ1) is 15.1. The Balaban J connectivity index is 1.72. The highest BCUT2D eigenvalue weighted by Gasteiger charge is 2.43. The van der Waals surface area contributed by atoms with E-state index in [0.29, 0.717) is 30.4 Å². The molecule has 7 heteroatoms. The number of nitrogens with one attached hydrogen (secondary N) is 1. The van der Waals surface area contributed by atoms with E-state index in [4.69, 9.17) is 14.5 Å². The van der Waals surface area contributed by atoms with Crippen LogP contribution in [-0.4, -0.2) is 42.5 Å². The van der Waals surface area contributed by atoms with Gasteiger partial charge in [0.25, 0.3) is 0 Å². The van der Waals surface area contributed by atoms with Gasteiger partial charge in [-0.2, -0.15) is 0 Å². The largest absolute Gasteiger partial charge is 0.494 e. The Morgan fingerprint density at radius 2 is 1.84 bits per heavy atom. The first kappa shape index (κ1) is 20.9. The zero-order chi connectivity index (χ0) is 21.8. The van der Waals surface area contributed by atoms with Crippen molar-refractivity contribution in [3.63, 3.8) is 0 Å². The molecule has 2 atom stereocenters. The Labute approximate surface area is 182 Å². The van der Waals surface area contributed by atoms with Gasteiger partial charge in [-0.15, -0.1) is 0 Å². The third-order valence-corrected chi connectivity index (χ3v) is 5.60. The summed E-state index contributed by atoms with van der Waals surface area (Å²) < 4.78 is 11.0. The molecule has 1 amide bonds. The van der Waals surface area contributed by atoms with E-state index in [2.05, 4.69) is 22.3 Å². The zero-order valence-electron chi connectivity index (χ0n) is 17.8. The van der Waals surface area contributed by atoms with E-state index in [1.165, 1.54) is 11.1 Å². The molecule has 0 saturated carbocycles. The van der Waals surface area contributed by atoms with Gasteiger partial charge < -0.3 is 14.4 Å². The predicted molar refractivity (Wildman–Crippen MR) is 117 cm³/mol. The molecule has 0 fully saturated rings. The van der Waals surface area contributed by atoms with E-state index in [0.717, 1.165) is 13.0 Å². The van der Waals surface area contributed by atoms with Gasteiger partial charge in [-0.25, -0.2) is 4.99 Å². The van der Waals surface area contributed by atoms with Crippen molar-refractivity contribution in [1.29, 1.82) is 0 Å². The SMILES string of the molecule is CCOC(=O)[C@@H]1C(=O)NC(N2CCc3ccccc3C2)=N[C@H]1c1ccccc1OCC. The van der Waals surface area contributed by atoms with Crippen LogP contribution in [0.1, 0.15) is 36.6 Å². The van der Waals surface area contributed by atoms with Crippen LogP contribution in [0.25, 0.3) is 0 Å². The lowest BCUT2D eigenvalue weighted by Gasteiger charge is -2.36. The molecule has 1 N–H and O–H groups in total. The number of hydrogen-bond donors (Lipinski definition) is 1. The number of carbonyl (C=O) groups excluding carboxylic acids is 2. The van der Waals surface area contributed by atoms with Crippen LogP contribution < -0.4 is 10.1 Å². The lowest BCUT2D eigenvalue weighted by atomic mass is 9.90. The summed E-state index contributed by atoms with van der Waals surface area (Å²) >= 11 is 0. The van der Waals surface area contributed by atoms with Crippen molar-refractivity contribution in [3.05, 3.63) is 65.2 Å². The van der Waals surface area contributed by atoms with Gasteiger partial charge in [0.1, 0.15) is 11.8 Å². The summed E-state index contributed by atoms with van der Waals surface area (Å²) in [7, 11) is 0. The Morgan fingerprint density at radius 1 is 1.10 bits per heavy atom. The summed E-state index contributed by atoms with van der Waals surface area (Å²) in [5.41, 5.74) is 3.22. The van der Waals surface area contributed by atoms with Gasteiger partial charge >= 0.3 is 5.97 Å². The van der Waals surface area contributed by atoms with Gasteiger partial charge in [0, 0.05) is 18.7 Å². The number of amides is 1. The third kappa shape index (κ3) is 4.26. The van der Waals surface area contributed by atoms with Crippen LogP contribution in [0.15, 0.2) is 53.5 Å². The molecule has 0 aromatic heterocycles. The van der Waals surface area contributed by atoms with Crippen LogP contribution in [0.5, 0.6) is 5.75 Å². The van der Waals surface area contributed by atoms with Crippen LogP contribution in [-0.2, 0) is 27.3 Å². The van der Waals surface area contributed by atoms with Crippen LogP contribution in [0.3, 0.4) is 0 Å². The molecular weight excluding hydrogens is 394 g/mol. The summed E-state index contributed by atoms with van der Waals surface area (Å²) in [6.07, 6.45) is 0.868. The summed E-state index contributed by atoms with van der Waals surface area (Å²) in [5, 5.41) is 2.85. The van der Waals surface area contributed by atoms with Gasteiger partial charge in [-0.05, 0) is 37.5 Å². The first-order valence-electron chi connectivity index (χ1n) is 10.7. The summed E-state index contributed by atoms with van der Waals surface area (Å²) in [6.45, 7) is 5.68. The quantitative estimate of drug-likeness (QED) is 0.593. The summed E-state index contributed by atoms with van der Waals surface area (Å²) in [6, 6.07) is 15.0. The van der Waals surface area contributed by atoms with Crippen molar-refractivity contribution in [3.8, 4) is 5.75 Å². The average molecular weight is 421 g/mol. The second-order valence-corrected chi connectivity index (χ2v) is 7.53. The minimum absolute atomic E-state index is 0.196. The monoisotopic (exact) mass is 421 g/mol. The number of carbonyl (C=O) groups is 2. The van der Waals surface area contributed by atoms with E-state index in [1.54, 1.807) is 6.92 Å². The van der Waals surface area contributed by atoms with E-state index in [9.17, 15) is 9.59 Å². The molecular formula is C24H27N3O4. The second-order valence-electron chi connectivity index (χ2n) is 7.53. The fraction of sp³-hybridized carbons (Fsp3) is 0.375. The van der Waals surface area contributed by atoms with Crippen molar-refractivity contribution in [2.24, 2.45) is 10.9 Å². The van der Waals surface area contributed by atoms with Gasteiger partial charge in [0.05, 0.1) is 13.2 Å². The number of guanidine groups is 1. The smallest absolute Gasteiger partial charge is 0.321 e. The maximum Gasteiger partial charge on any atom is 0.321 e. The van der Waals surface area contributed by atoms with E-state index in [-0.39, 0.29) is 6.61 Å². The number of ether oxygens (including phenoxy) is 2. The van der Waals surface area contributed by atoms with Gasteiger partial charge in [-0.3, -0.25) is 14.9 Å². The average Bonchev–Trinajstić information content (AvgIpc) is 2.79. The molecule has 2 aromatic carbocycles. The zero-order valence-corrected chi connectivity index (χ0v) is 17.8.